The number of rotatable bonds is 8. The van der Waals surface area contributed by atoms with E-state index in [2.05, 4.69) is 12.2 Å². The van der Waals surface area contributed by atoms with E-state index in [9.17, 15) is 14.7 Å². The lowest BCUT2D eigenvalue weighted by atomic mass is 9.54. The standard InChI is InChI=1S/C19H27NO4S/c1-5-24-15-11-19(17(22)23,18(15,3)4)20-16(21)14-9-7-13(8-10-14)12-25-6-2/h7-10,15H,5-6,11-12H2,1-4H3,(H,20,21)(H,22,23). The molecule has 0 radical (unpaired) electrons. The van der Waals surface area contributed by atoms with Crippen LogP contribution < -0.4 is 5.32 Å². The summed E-state index contributed by atoms with van der Waals surface area (Å²) < 4.78 is 5.62. The van der Waals surface area contributed by atoms with Gasteiger partial charge in [-0.3, -0.25) is 4.79 Å². The van der Waals surface area contributed by atoms with Crippen molar-refractivity contribution in [2.75, 3.05) is 12.4 Å². The van der Waals surface area contributed by atoms with E-state index in [4.69, 9.17) is 4.74 Å². The van der Waals surface area contributed by atoms with Crippen LogP contribution in [-0.2, 0) is 15.3 Å². The van der Waals surface area contributed by atoms with Crippen LogP contribution in [0.3, 0.4) is 0 Å². The first-order valence-electron chi connectivity index (χ1n) is 8.62. The van der Waals surface area contributed by atoms with Crippen LogP contribution in [-0.4, -0.2) is 41.0 Å². The maximum atomic E-state index is 12.6. The quantitative estimate of drug-likeness (QED) is 0.739. The highest BCUT2D eigenvalue weighted by Gasteiger charge is 2.66. The molecule has 2 N–H and O–H groups in total. The average Bonchev–Trinajstić information content (AvgIpc) is 2.58. The number of ether oxygens (including phenoxy) is 1. The lowest BCUT2D eigenvalue weighted by Crippen LogP contribution is -2.76. The van der Waals surface area contributed by atoms with E-state index in [-0.39, 0.29) is 18.4 Å². The molecule has 5 nitrogen and oxygen atoms in total. The molecule has 2 atom stereocenters. The van der Waals surface area contributed by atoms with Crippen molar-refractivity contribution in [1.29, 1.82) is 0 Å². The molecule has 1 amide bonds. The summed E-state index contributed by atoms with van der Waals surface area (Å²) in [5, 5.41) is 12.5. The van der Waals surface area contributed by atoms with Gasteiger partial charge in [-0.15, -0.1) is 0 Å². The second-order valence-corrected chi connectivity index (χ2v) is 8.14. The molecular formula is C19H27NO4S. The predicted molar refractivity (Wildman–Crippen MR) is 99.9 cm³/mol. The Balaban J connectivity index is 2.13. The van der Waals surface area contributed by atoms with Crippen LogP contribution in [0.4, 0.5) is 0 Å². The molecule has 1 aromatic carbocycles. The Bertz CT molecular complexity index is 629. The second-order valence-electron chi connectivity index (χ2n) is 6.87. The lowest BCUT2D eigenvalue weighted by molar-refractivity contribution is -0.190. The smallest absolute Gasteiger partial charge is 0.330 e. The number of nitrogens with one attached hydrogen (secondary N) is 1. The van der Waals surface area contributed by atoms with Crippen LogP contribution in [0.5, 0.6) is 0 Å². The fraction of sp³-hybridized carbons (Fsp3) is 0.579. The van der Waals surface area contributed by atoms with Gasteiger partial charge in [0, 0.05) is 29.8 Å². The first kappa shape index (κ1) is 19.8. The maximum absolute atomic E-state index is 12.6. The van der Waals surface area contributed by atoms with Crippen LogP contribution in [0, 0.1) is 5.41 Å². The largest absolute Gasteiger partial charge is 0.479 e. The van der Waals surface area contributed by atoms with E-state index < -0.39 is 16.9 Å². The Morgan fingerprint density at radius 2 is 1.92 bits per heavy atom. The Labute approximate surface area is 153 Å². The summed E-state index contributed by atoms with van der Waals surface area (Å²) in [7, 11) is 0. The summed E-state index contributed by atoms with van der Waals surface area (Å²) in [6, 6.07) is 7.34. The molecule has 2 unspecified atom stereocenters. The molecule has 0 saturated heterocycles. The summed E-state index contributed by atoms with van der Waals surface area (Å²) in [5.41, 5.74) is -0.360. The van der Waals surface area contributed by atoms with Gasteiger partial charge in [-0.25, -0.2) is 4.79 Å². The minimum absolute atomic E-state index is 0.178. The Hall–Kier alpha value is -1.53. The van der Waals surface area contributed by atoms with Crippen LogP contribution in [0.1, 0.15) is 50.0 Å². The van der Waals surface area contributed by atoms with E-state index in [1.165, 1.54) is 0 Å². The van der Waals surface area contributed by atoms with Crippen molar-refractivity contribution in [3.05, 3.63) is 35.4 Å². The zero-order valence-corrected chi connectivity index (χ0v) is 16.1. The van der Waals surface area contributed by atoms with Crippen molar-refractivity contribution >= 4 is 23.6 Å². The Kier molecular flexibility index (Phi) is 6.16. The van der Waals surface area contributed by atoms with Gasteiger partial charge in [0.2, 0.25) is 0 Å². The number of thioether (sulfide) groups is 1. The number of hydrogen-bond donors (Lipinski definition) is 2. The first-order chi connectivity index (χ1) is 11.8. The fourth-order valence-corrected chi connectivity index (χ4v) is 3.91. The van der Waals surface area contributed by atoms with E-state index in [1.807, 2.05) is 44.7 Å². The molecule has 0 aliphatic heterocycles. The van der Waals surface area contributed by atoms with Crippen molar-refractivity contribution in [2.45, 2.75) is 51.5 Å². The van der Waals surface area contributed by atoms with Crippen LogP contribution >= 0.6 is 11.8 Å². The summed E-state index contributed by atoms with van der Waals surface area (Å²) in [6.07, 6.45) is 0.0995. The van der Waals surface area contributed by atoms with Gasteiger partial charge in [0.1, 0.15) is 5.54 Å². The van der Waals surface area contributed by atoms with Crippen molar-refractivity contribution < 1.29 is 19.4 Å². The SMILES string of the molecule is CCOC1CC(NC(=O)c2ccc(CSCC)cc2)(C(=O)O)C1(C)C. The molecule has 0 spiro atoms. The van der Waals surface area contributed by atoms with Crippen molar-refractivity contribution in [3.63, 3.8) is 0 Å². The molecular weight excluding hydrogens is 338 g/mol. The van der Waals surface area contributed by atoms with Gasteiger partial charge in [0.15, 0.2) is 0 Å². The van der Waals surface area contributed by atoms with Gasteiger partial charge in [-0.1, -0.05) is 32.9 Å². The number of benzene rings is 1. The number of carbonyl (C=O) groups is 2. The number of carboxylic acids is 1. The average molecular weight is 365 g/mol. The van der Waals surface area contributed by atoms with Gasteiger partial charge in [0.05, 0.1) is 6.10 Å². The van der Waals surface area contributed by atoms with E-state index in [0.717, 1.165) is 17.1 Å². The molecule has 138 valence electrons. The van der Waals surface area contributed by atoms with E-state index in [1.54, 1.807) is 12.1 Å². The van der Waals surface area contributed by atoms with E-state index >= 15 is 0 Å². The van der Waals surface area contributed by atoms with Gasteiger partial charge < -0.3 is 15.2 Å². The molecule has 25 heavy (non-hydrogen) atoms. The highest BCUT2D eigenvalue weighted by atomic mass is 32.2. The molecule has 6 heteroatoms. The van der Waals surface area contributed by atoms with E-state index in [0.29, 0.717) is 12.2 Å². The topological polar surface area (TPSA) is 75.6 Å². The number of aliphatic carboxylic acids is 1. The predicted octanol–water partition coefficient (Wildman–Crippen LogP) is 3.33. The maximum Gasteiger partial charge on any atom is 0.330 e. The zero-order chi connectivity index (χ0) is 18.7. The molecule has 1 aliphatic carbocycles. The molecule has 0 aromatic heterocycles. The molecule has 1 aliphatic rings. The summed E-state index contributed by atoms with van der Waals surface area (Å²) in [5.74, 6) is 0.567. The van der Waals surface area contributed by atoms with Crippen molar-refractivity contribution in [2.24, 2.45) is 5.41 Å². The van der Waals surface area contributed by atoms with Crippen LogP contribution in [0.15, 0.2) is 24.3 Å². The number of amides is 1. The van der Waals surface area contributed by atoms with Gasteiger partial charge in [-0.05, 0) is 30.4 Å². The lowest BCUT2D eigenvalue weighted by Gasteiger charge is -2.58. The number of hydrogen-bond acceptors (Lipinski definition) is 4. The third-order valence-corrected chi connectivity index (χ3v) is 6.09. The van der Waals surface area contributed by atoms with Gasteiger partial charge >= 0.3 is 5.97 Å². The molecule has 2 rings (SSSR count). The number of carbonyl (C=O) groups excluding carboxylic acids is 1. The monoisotopic (exact) mass is 365 g/mol. The van der Waals surface area contributed by atoms with Crippen LogP contribution in [0.2, 0.25) is 0 Å². The molecule has 1 fully saturated rings. The minimum Gasteiger partial charge on any atom is -0.479 e. The summed E-state index contributed by atoms with van der Waals surface area (Å²) >= 11 is 1.81. The Morgan fingerprint density at radius 1 is 1.28 bits per heavy atom. The fourth-order valence-electron chi connectivity index (χ4n) is 3.28. The van der Waals surface area contributed by atoms with Gasteiger partial charge in [0.25, 0.3) is 5.91 Å². The zero-order valence-electron chi connectivity index (χ0n) is 15.3. The number of carboxylic acid groups (broad SMARTS) is 1. The molecule has 1 aromatic rings. The third kappa shape index (κ3) is 3.70. The molecule has 0 heterocycles. The van der Waals surface area contributed by atoms with Crippen molar-refractivity contribution in [3.8, 4) is 0 Å². The molecule has 0 bridgehead atoms. The Morgan fingerprint density at radius 3 is 2.40 bits per heavy atom. The highest BCUT2D eigenvalue weighted by molar-refractivity contribution is 7.98. The summed E-state index contributed by atoms with van der Waals surface area (Å²) in [6.45, 7) is 8.17. The normalized spacial score (nSPS) is 24.4. The minimum atomic E-state index is -1.30. The summed E-state index contributed by atoms with van der Waals surface area (Å²) in [4.78, 5) is 24.5. The highest BCUT2D eigenvalue weighted by Crippen LogP contribution is 2.51. The molecule has 1 saturated carbocycles. The van der Waals surface area contributed by atoms with Gasteiger partial charge in [-0.2, -0.15) is 11.8 Å². The second kappa shape index (κ2) is 7.79. The van der Waals surface area contributed by atoms with Crippen LogP contribution in [0.25, 0.3) is 0 Å². The first-order valence-corrected chi connectivity index (χ1v) is 9.78. The third-order valence-electron chi connectivity index (χ3n) is 5.15. The van der Waals surface area contributed by atoms with Crippen molar-refractivity contribution in [1.82, 2.24) is 5.32 Å².